The summed E-state index contributed by atoms with van der Waals surface area (Å²) < 4.78 is 5.28. The zero-order chi connectivity index (χ0) is 14.7. The highest BCUT2D eigenvalue weighted by atomic mass is 79.9. The van der Waals surface area contributed by atoms with Gasteiger partial charge in [-0.3, -0.25) is 9.58 Å². The highest BCUT2D eigenvalue weighted by molar-refractivity contribution is 9.10. The molecule has 0 radical (unpaired) electrons. The molecule has 2 rings (SSSR count). The second-order valence-corrected chi connectivity index (χ2v) is 5.80. The highest BCUT2D eigenvalue weighted by Crippen LogP contribution is 2.23. The van der Waals surface area contributed by atoms with Gasteiger partial charge in [0.2, 0.25) is 0 Å². The largest absolute Gasteiger partial charge is 0.337 e. The van der Waals surface area contributed by atoms with Crippen molar-refractivity contribution in [1.82, 2.24) is 24.2 Å². The second-order valence-electron chi connectivity index (χ2n) is 5.00. The van der Waals surface area contributed by atoms with E-state index in [4.69, 9.17) is 0 Å². The number of nitrogens with zero attached hydrogens (tertiary/aromatic N) is 5. The summed E-state index contributed by atoms with van der Waals surface area (Å²) in [6, 6.07) is 0. The minimum Gasteiger partial charge on any atom is -0.337 e. The topological polar surface area (TPSA) is 38.9 Å². The van der Waals surface area contributed by atoms with E-state index < -0.39 is 0 Å². The average Bonchev–Trinajstić information content (AvgIpc) is 2.95. The lowest BCUT2D eigenvalue weighted by atomic mass is 10.3. The van der Waals surface area contributed by atoms with Gasteiger partial charge in [-0.2, -0.15) is 5.10 Å². The van der Waals surface area contributed by atoms with Gasteiger partial charge in [-0.25, -0.2) is 4.98 Å². The fourth-order valence-corrected chi connectivity index (χ4v) is 2.96. The molecule has 0 aliphatic rings. The molecular weight excluding hydrogens is 318 g/mol. The van der Waals surface area contributed by atoms with Crippen LogP contribution in [0.15, 0.2) is 16.9 Å². The number of hydrogen-bond acceptors (Lipinski definition) is 3. The Bertz CT molecular complexity index is 572. The zero-order valence-electron chi connectivity index (χ0n) is 12.6. The predicted octanol–water partition coefficient (Wildman–Crippen LogP) is 2.59. The maximum atomic E-state index is 4.64. The van der Waals surface area contributed by atoms with Crippen LogP contribution in [0.4, 0.5) is 0 Å². The summed E-state index contributed by atoms with van der Waals surface area (Å²) >= 11 is 3.69. The highest BCUT2D eigenvalue weighted by Gasteiger charge is 2.16. The molecule has 0 fully saturated rings. The van der Waals surface area contributed by atoms with Crippen molar-refractivity contribution in [2.24, 2.45) is 7.05 Å². The quantitative estimate of drug-likeness (QED) is 0.811. The third-order valence-corrected chi connectivity index (χ3v) is 4.36. The second kappa shape index (κ2) is 6.54. The van der Waals surface area contributed by atoms with Crippen LogP contribution in [0.2, 0.25) is 0 Å². The third kappa shape index (κ3) is 3.12. The lowest BCUT2D eigenvalue weighted by Crippen LogP contribution is -2.21. The van der Waals surface area contributed by atoms with Crippen LogP contribution in [0.1, 0.15) is 31.1 Å². The Morgan fingerprint density at radius 3 is 2.60 bits per heavy atom. The van der Waals surface area contributed by atoms with Gasteiger partial charge in [-0.1, -0.05) is 6.92 Å². The van der Waals surface area contributed by atoms with E-state index in [1.54, 1.807) is 0 Å². The lowest BCUT2D eigenvalue weighted by Gasteiger charge is -2.17. The monoisotopic (exact) mass is 339 g/mol. The Balaban J connectivity index is 2.13. The van der Waals surface area contributed by atoms with Crippen molar-refractivity contribution < 1.29 is 0 Å². The van der Waals surface area contributed by atoms with Crippen LogP contribution in [0, 0.1) is 0 Å². The summed E-state index contributed by atoms with van der Waals surface area (Å²) in [5, 5.41) is 4.64. The first-order valence-corrected chi connectivity index (χ1v) is 7.74. The van der Waals surface area contributed by atoms with Gasteiger partial charge >= 0.3 is 0 Å². The maximum Gasteiger partial charge on any atom is 0.122 e. The Morgan fingerprint density at radius 1 is 1.30 bits per heavy atom. The molecule has 0 saturated heterocycles. The standard InChI is InChI=1S/C14H22BrN5/c1-5-11-14(15)12(20(6-2)17-11)9-18(3)10-13-16-7-8-19(13)4/h7-8H,5-6,9-10H2,1-4H3. The lowest BCUT2D eigenvalue weighted by molar-refractivity contribution is 0.296. The third-order valence-electron chi connectivity index (χ3n) is 3.45. The molecule has 20 heavy (non-hydrogen) atoms. The number of halogens is 1. The molecule has 0 spiro atoms. The van der Waals surface area contributed by atoms with E-state index in [1.807, 2.05) is 19.4 Å². The SMILES string of the molecule is CCc1nn(CC)c(CN(C)Cc2nccn2C)c1Br. The molecule has 0 aliphatic carbocycles. The Kier molecular flexibility index (Phi) is 4.99. The molecule has 0 N–H and O–H groups in total. The minimum absolute atomic E-state index is 0.826. The van der Waals surface area contributed by atoms with Crippen molar-refractivity contribution in [2.75, 3.05) is 7.05 Å². The molecule has 2 aromatic heterocycles. The van der Waals surface area contributed by atoms with Crippen molar-refractivity contribution in [2.45, 2.75) is 39.9 Å². The minimum atomic E-state index is 0.826. The van der Waals surface area contributed by atoms with Crippen LogP contribution in [0.3, 0.4) is 0 Å². The maximum absolute atomic E-state index is 4.64. The zero-order valence-corrected chi connectivity index (χ0v) is 14.2. The molecule has 110 valence electrons. The summed E-state index contributed by atoms with van der Waals surface area (Å²) in [7, 11) is 4.14. The van der Waals surface area contributed by atoms with Gasteiger partial charge in [-0.15, -0.1) is 0 Å². The van der Waals surface area contributed by atoms with Crippen molar-refractivity contribution in [3.8, 4) is 0 Å². The van der Waals surface area contributed by atoms with E-state index in [-0.39, 0.29) is 0 Å². The summed E-state index contributed by atoms with van der Waals surface area (Å²) in [6.07, 6.45) is 4.76. The molecule has 0 aliphatic heterocycles. The van der Waals surface area contributed by atoms with E-state index in [0.29, 0.717) is 0 Å². The summed E-state index contributed by atoms with van der Waals surface area (Å²) in [5.74, 6) is 1.07. The number of imidazole rings is 1. The number of hydrogen-bond donors (Lipinski definition) is 0. The van der Waals surface area contributed by atoms with Crippen LogP contribution >= 0.6 is 15.9 Å². The number of rotatable bonds is 6. The molecule has 0 aromatic carbocycles. The van der Waals surface area contributed by atoms with Crippen LogP contribution in [-0.4, -0.2) is 31.3 Å². The molecule has 0 unspecified atom stereocenters. The van der Waals surface area contributed by atoms with Crippen LogP contribution in [0.5, 0.6) is 0 Å². The van der Waals surface area contributed by atoms with Gasteiger partial charge in [0.15, 0.2) is 0 Å². The first-order chi connectivity index (χ1) is 9.56. The van der Waals surface area contributed by atoms with Gasteiger partial charge in [-0.05, 0) is 36.3 Å². The van der Waals surface area contributed by atoms with Crippen LogP contribution in [0.25, 0.3) is 0 Å². The van der Waals surface area contributed by atoms with Gasteiger partial charge in [0, 0.05) is 32.5 Å². The molecule has 0 bridgehead atoms. The Hall–Kier alpha value is -1.14. The molecular formula is C14H22BrN5. The molecule has 2 aromatic rings. The average molecular weight is 340 g/mol. The van der Waals surface area contributed by atoms with E-state index >= 15 is 0 Å². The van der Waals surface area contributed by atoms with E-state index in [9.17, 15) is 0 Å². The summed E-state index contributed by atoms with van der Waals surface area (Å²) in [4.78, 5) is 6.63. The molecule has 0 atom stereocenters. The Labute approximate surface area is 128 Å². The smallest absolute Gasteiger partial charge is 0.122 e. The predicted molar refractivity (Wildman–Crippen MR) is 83.4 cm³/mol. The molecule has 0 amide bonds. The summed E-state index contributed by atoms with van der Waals surface area (Å²) in [5.41, 5.74) is 2.37. The van der Waals surface area contributed by atoms with E-state index in [0.717, 1.165) is 42.0 Å². The normalized spacial score (nSPS) is 11.5. The summed E-state index contributed by atoms with van der Waals surface area (Å²) in [6.45, 7) is 6.83. The molecule has 2 heterocycles. The Morgan fingerprint density at radius 2 is 2.05 bits per heavy atom. The van der Waals surface area contributed by atoms with E-state index in [2.05, 4.69) is 61.1 Å². The van der Waals surface area contributed by atoms with Gasteiger partial charge in [0.1, 0.15) is 5.82 Å². The van der Waals surface area contributed by atoms with Crippen molar-refractivity contribution >= 4 is 15.9 Å². The van der Waals surface area contributed by atoms with E-state index in [1.165, 1.54) is 5.69 Å². The fraction of sp³-hybridized carbons (Fsp3) is 0.571. The number of aryl methyl sites for hydroxylation is 3. The van der Waals surface area contributed by atoms with Gasteiger partial charge < -0.3 is 4.57 Å². The van der Waals surface area contributed by atoms with Crippen LogP contribution < -0.4 is 0 Å². The molecule has 0 saturated carbocycles. The molecule has 6 heteroatoms. The fourth-order valence-electron chi connectivity index (χ4n) is 2.27. The van der Waals surface area contributed by atoms with Crippen molar-refractivity contribution in [1.29, 1.82) is 0 Å². The molecule has 5 nitrogen and oxygen atoms in total. The number of aromatic nitrogens is 4. The van der Waals surface area contributed by atoms with Gasteiger partial charge in [0.05, 0.1) is 22.4 Å². The first-order valence-electron chi connectivity index (χ1n) is 6.95. The van der Waals surface area contributed by atoms with Gasteiger partial charge in [0.25, 0.3) is 0 Å². The van der Waals surface area contributed by atoms with Crippen molar-refractivity contribution in [3.63, 3.8) is 0 Å². The first kappa shape index (κ1) is 15.3. The van der Waals surface area contributed by atoms with Crippen LogP contribution in [-0.2, 0) is 33.1 Å². The van der Waals surface area contributed by atoms with Crippen molar-refractivity contribution in [3.05, 3.63) is 34.1 Å².